The third-order valence-electron chi connectivity index (χ3n) is 2.47. The molecule has 0 saturated carbocycles. The van der Waals surface area contributed by atoms with Crippen LogP contribution in [0.25, 0.3) is 0 Å². The van der Waals surface area contributed by atoms with E-state index in [0.717, 1.165) is 4.90 Å². The Morgan fingerprint density at radius 1 is 1.35 bits per heavy atom. The number of nitrogens with zero attached hydrogens (tertiary/aromatic N) is 1. The molecule has 0 atom stereocenters. The van der Waals surface area contributed by atoms with Crippen LogP contribution in [0.15, 0.2) is 46.2 Å². The largest absolute Gasteiger partial charge is 0.462 e. The van der Waals surface area contributed by atoms with Crippen LogP contribution in [0.1, 0.15) is 23.1 Å². The topological polar surface area (TPSA) is 72.0 Å². The van der Waals surface area contributed by atoms with Crippen molar-refractivity contribution in [1.29, 1.82) is 0 Å². The second-order valence-corrected chi connectivity index (χ2v) is 4.94. The predicted molar refractivity (Wildman–Crippen MR) is 76.8 cm³/mol. The first-order chi connectivity index (χ1) is 9.70. The van der Waals surface area contributed by atoms with Gasteiger partial charge in [0.15, 0.2) is 0 Å². The first-order valence-corrected chi connectivity index (χ1v) is 7.12. The highest BCUT2D eigenvalue weighted by molar-refractivity contribution is 7.98. The van der Waals surface area contributed by atoms with Crippen molar-refractivity contribution >= 4 is 17.7 Å². The maximum absolute atomic E-state index is 11.8. The monoisotopic (exact) mass is 290 g/mol. The zero-order valence-electron chi connectivity index (χ0n) is 11.0. The number of rotatable bonds is 5. The molecule has 0 bridgehead atoms. The Balaban J connectivity index is 2.06. The average Bonchev–Trinajstić information content (AvgIpc) is 2.46. The Morgan fingerprint density at radius 2 is 2.10 bits per heavy atom. The van der Waals surface area contributed by atoms with Gasteiger partial charge in [0.05, 0.1) is 12.4 Å². The molecule has 0 radical (unpaired) electrons. The third kappa shape index (κ3) is 3.71. The minimum Gasteiger partial charge on any atom is -0.462 e. The molecule has 1 heterocycles. The van der Waals surface area contributed by atoms with E-state index >= 15 is 0 Å². The number of thioether (sulfide) groups is 1. The Morgan fingerprint density at radius 3 is 2.75 bits per heavy atom. The Hall–Kier alpha value is -2.08. The summed E-state index contributed by atoms with van der Waals surface area (Å²) in [4.78, 5) is 31.0. The number of carbonyl (C=O) groups is 1. The summed E-state index contributed by atoms with van der Waals surface area (Å²) in [6.45, 7) is 1.91. The number of benzene rings is 1. The summed E-state index contributed by atoms with van der Waals surface area (Å²) in [6.07, 6.45) is 1.26. The highest BCUT2D eigenvalue weighted by Crippen LogP contribution is 2.19. The lowest BCUT2D eigenvalue weighted by atomic mass is 10.3. The van der Waals surface area contributed by atoms with Gasteiger partial charge in [-0.25, -0.2) is 9.78 Å². The van der Waals surface area contributed by atoms with Crippen molar-refractivity contribution < 1.29 is 9.53 Å². The van der Waals surface area contributed by atoms with Crippen LogP contribution in [-0.4, -0.2) is 22.5 Å². The quantitative estimate of drug-likeness (QED) is 0.675. The number of hydrogen-bond donors (Lipinski definition) is 1. The minimum absolute atomic E-state index is 0.0692. The van der Waals surface area contributed by atoms with E-state index < -0.39 is 11.5 Å². The van der Waals surface area contributed by atoms with E-state index in [1.165, 1.54) is 6.20 Å². The molecule has 104 valence electrons. The molecular weight excluding hydrogens is 276 g/mol. The van der Waals surface area contributed by atoms with E-state index in [1.807, 2.05) is 30.3 Å². The van der Waals surface area contributed by atoms with E-state index in [1.54, 1.807) is 18.7 Å². The molecule has 1 aromatic heterocycles. The van der Waals surface area contributed by atoms with Crippen molar-refractivity contribution in [2.45, 2.75) is 17.6 Å². The van der Waals surface area contributed by atoms with Crippen molar-refractivity contribution in [2.75, 3.05) is 6.61 Å². The smallest absolute Gasteiger partial charge is 0.345 e. The Kier molecular flexibility index (Phi) is 4.95. The van der Waals surface area contributed by atoms with Crippen molar-refractivity contribution in [3.63, 3.8) is 0 Å². The molecule has 0 aliphatic rings. The van der Waals surface area contributed by atoms with E-state index in [0.29, 0.717) is 11.6 Å². The number of aromatic nitrogens is 2. The van der Waals surface area contributed by atoms with E-state index in [4.69, 9.17) is 4.74 Å². The number of ether oxygens (including phenoxy) is 1. The number of aromatic amines is 1. The van der Waals surface area contributed by atoms with Gasteiger partial charge in [0.25, 0.3) is 5.56 Å². The van der Waals surface area contributed by atoms with Crippen molar-refractivity contribution in [1.82, 2.24) is 9.97 Å². The highest BCUT2D eigenvalue weighted by Gasteiger charge is 2.12. The van der Waals surface area contributed by atoms with Gasteiger partial charge in [-0.15, -0.1) is 11.8 Å². The van der Waals surface area contributed by atoms with Gasteiger partial charge in [-0.2, -0.15) is 0 Å². The molecular formula is C14H14N2O3S. The number of esters is 1. The summed E-state index contributed by atoms with van der Waals surface area (Å²) < 4.78 is 4.77. The van der Waals surface area contributed by atoms with E-state index in [-0.39, 0.29) is 12.2 Å². The lowest BCUT2D eigenvalue weighted by Crippen LogP contribution is -2.21. The van der Waals surface area contributed by atoms with Crippen molar-refractivity contribution in [2.24, 2.45) is 0 Å². The van der Waals surface area contributed by atoms with E-state index in [9.17, 15) is 9.59 Å². The third-order valence-corrected chi connectivity index (χ3v) is 3.49. The number of carbonyl (C=O) groups excluding carboxylic acids is 1. The molecule has 0 amide bonds. The van der Waals surface area contributed by atoms with Gasteiger partial charge >= 0.3 is 5.97 Å². The summed E-state index contributed by atoms with van der Waals surface area (Å²) in [5.74, 6) is 0.406. The van der Waals surface area contributed by atoms with Gasteiger partial charge in [0.2, 0.25) is 0 Å². The molecule has 0 spiro atoms. The van der Waals surface area contributed by atoms with Gasteiger partial charge in [-0.3, -0.25) is 4.79 Å². The van der Waals surface area contributed by atoms with E-state index in [2.05, 4.69) is 9.97 Å². The molecule has 1 N–H and O–H groups in total. The Bertz CT molecular complexity index is 640. The van der Waals surface area contributed by atoms with Crippen LogP contribution in [0.4, 0.5) is 0 Å². The fraction of sp³-hybridized carbons (Fsp3) is 0.214. The van der Waals surface area contributed by atoms with Crippen molar-refractivity contribution in [3.8, 4) is 0 Å². The van der Waals surface area contributed by atoms with Crippen LogP contribution in [0.5, 0.6) is 0 Å². The van der Waals surface area contributed by atoms with Crippen LogP contribution >= 0.6 is 11.8 Å². The summed E-state index contributed by atoms with van der Waals surface area (Å²) in [6, 6.07) is 9.80. The fourth-order valence-corrected chi connectivity index (χ4v) is 2.33. The zero-order valence-corrected chi connectivity index (χ0v) is 11.8. The van der Waals surface area contributed by atoms with Crippen LogP contribution in [0.3, 0.4) is 0 Å². The lowest BCUT2D eigenvalue weighted by molar-refractivity contribution is 0.0523. The predicted octanol–water partition coefficient (Wildman–Crippen LogP) is 2.24. The molecule has 2 rings (SSSR count). The molecule has 5 nitrogen and oxygen atoms in total. The van der Waals surface area contributed by atoms with Gasteiger partial charge < -0.3 is 9.72 Å². The zero-order chi connectivity index (χ0) is 14.4. The summed E-state index contributed by atoms with van der Waals surface area (Å²) in [7, 11) is 0. The molecule has 20 heavy (non-hydrogen) atoms. The molecule has 0 aliphatic carbocycles. The number of H-pyrrole nitrogens is 1. The Labute approximate surface area is 120 Å². The van der Waals surface area contributed by atoms with Crippen LogP contribution in [-0.2, 0) is 10.5 Å². The highest BCUT2D eigenvalue weighted by atomic mass is 32.2. The number of nitrogens with one attached hydrogen (secondary N) is 1. The SMILES string of the molecule is CCOC(=O)c1cnc(CSc2ccccc2)[nH]c1=O. The molecule has 0 saturated heterocycles. The minimum atomic E-state index is -0.650. The summed E-state index contributed by atoms with van der Waals surface area (Å²) in [5, 5.41) is 0. The van der Waals surface area contributed by atoms with Crippen LogP contribution < -0.4 is 5.56 Å². The molecule has 6 heteroatoms. The standard InChI is InChI=1S/C14H14N2O3S/c1-2-19-14(18)11-8-15-12(16-13(11)17)9-20-10-6-4-3-5-7-10/h3-8H,2,9H2,1H3,(H,15,16,17). The maximum atomic E-state index is 11.8. The van der Waals surface area contributed by atoms with Crippen LogP contribution in [0, 0.1) is 0 Å². The first-order valence-electron chi connectivity index (χ1n) is 6.14. The lowest BCUT2D eigenvalue weighted by Gasteiger charge is -2.03. The van der Waals surface area contributed by atoms with Crippen molar-refractivity contribution in [3.05, 3.63) is 58.3 Å². The van der Waals surface area contributed by atoms with Crippen LogP contribution in [0.2, 0.25) is 0 Å². The van der Waals surface area contributed by atoms with Gasteiger partial charge in [-0.1, -0.05) is 18.2 Å². The summed E-state index contributed by atoms with van der Waals surface area (Å²) in [5.41, 5.74) is -0.539. The molecule has 2 aromatic rings. The molecule has 0 aliphatic heterocycles. The van der Waals surface area contributed by atoms with Gasteiger partial charge in [-0.05, 0) is 19.1 Å². The summed E-state index contributed by atoms with van der Waals surface area (Å²) >= 11 is 1.56. The van der Waals surface area contributed by atoms with Gasteiger partial charge in [0, 0.05) is 11.1 Å². The number of hydrogen-bond acceptors (Lipinski definition) is 5. The molecule has 1 aromatic carbocycles. The molecule has 0 unspecified atom stereocenters. The maximum Gasteiger partial charge on any atom is 0.345 e. The van der Waals surface area contributed by atoms with Gasteiger partial charge in [0.1, 0.15) is 11.4 Å². The second-order valence-electron chi connectivity index (χ2n) is 3.89. The average molecular weight is 290 g/mol. The first kappa shape index (κ1) is 14.3. The normalized spacial score (nSPS) is 10.2. The second kappa shape index (κ2) is 6.91. The molecule has 0 fully saturated rings. The fourth-order valence-electron chi connectivity index (χ4n) is 1.53.